The summed E-state index contributed by atoms with van der Waals surface area (Å²) in [6.07, 6.45) is 5.85. The smallest absolute Gasteiger partial charge is 0.221 e. The van der Waals surface area contributed by atoms with E-state index in [1.165, 1.54) is 12.5 Å². The minimum atomic E-state index is -0.104. The maximum atomic E-state index is 11.5. The van der Waals surface area contributed by atoms with Gasteiger partial charge < -0.3 is 19.8 Å². The summed E-state index contributed by atoms with van der Waals surface area (Å²) >= 11 is 0. The largest absolute Gasteiger partial charge is 0.350 e. The van der Waals surface area contributed by atoms with Crippen LogP contribution >= 0.6 is 0 Å². The van der Waals surface area contributed by atoms with Crippen LogP contribution in [-0.4, -0.2) is 54.2 Å². The third-order valence-corrected chi connectivity index (χ3v) is 5.67. The summed E-state index contributed by atoms with van der Waals surface area (Å²) in [5, 5.41) is 8.58. The van der Waals surface area contributed by atoms with Gasteiger partial charge in [0, 0.05) is 66.8 Å². The van der Waals surface area contributed by atoms with Gasteiger partial charge in [0.25, 0.3) is 0 Å². The number of carbonyl (C=O) groups excluding carboxylic acids is 1. The van der Waals surface area contributed by atoms with Crippen LogP contribution in [0.2, 0.25) is 0 Å². The topological polar surface area (TPSA) is 96.7 Å². The standard InChI is InChI=1S/C24H26N8O/c1-14-16(11-30(3)4)12-32(29-14)21-8-9-25-24-22(21)27-23(28-24)19-13-31(5)20-7-6-17(10-18(19)20)26-15(2)33/h6-10,12-13H,11H2,1-5H3,(H,26,33)(H,25,27,28). The molecule has 0 saturated carbocycles. The van der Waals surface area contributed by atoms with Gasteiger partial charge in [-0.1, -0.05) is 0 Å². The number of imidazole rings is 1. The van der Waals surface area contributed by atoms with E-state index in [4.69, 9.17) is 10.1 Å². The minimum Gasteiger partial charge on any atom is -0.350 e. The molecule has 0 bridgehead atoms. The molecule has 1 amide bonds. The van der Waals surface area contributed by atoms with Gasteiger partial charge in [0.05, 0.1) is 11.4 Å². The number of nitrogens with zero attached hydrogens (tertiary/aromatic N) is 6. The number of hydrogen-bond acceptors (Lipinski definition) is 5. The van der Waals surface area contributed by atoms with Gasteiger partial charge in [0.1, 0.15) is 11.3 Å². The van der Waals surface area contributed by atoms with Gasteiger partial charge in [0.2, 0.25) is 5.91 Å². The predicted molar refractivity (Wildman–Crippen MR) is 129 cm³/mol. The number of pyridine rings is 1. The van der Waals surface area contributed by atoms with Gasteiger partial charge in [-0.05, 0) is 45.3 Å². The van der Waals surface area contributed by atoms with E-state index in [0.717, 1.165) is 45.6 Å². The molecule has 5 aromatic rings. The summed E-state index contributed by atoms with van der Waals surface area (Å²) in [6.45, 7) is 4.35. The van der Waals surface area contributed by atoms with E-state index in [9.17, 15) is 4.79 Å². The summed E-state index contributed by atoms with van der Waals surface area (Å²) in [4.78, 5) is 26.4. The van der Waals surface area contributed by atoms with Crippen molar-refractivity contribution in [3.63, 3.8) is 0 Å². The van der Waals surface area contributed by atoms with E-state index < -0.39 is 0 Å². The second-order valence-corrected chi connectivity index (χ2v) is 8.60. The Bertz CT molecular complexity index is 1500. The summed E-state index contributed by atoms with van der Waals surface area (Å²) < 4.78 is 3.94. The molecule has 0 atom stereocenters. The van der Waals surface area contributed by atoms with Crippen LogP contribution in [0.25, 0.3) is 39.1 Å². The average Bonchev–Trinajstić information content (AvgIpc) is 3.42. The predicted octanol–water partition coefficient (Wildman–Crippen LogP) is 3.63. The first kappa shape index (κ1) is 20.9. The van der Waals surface area contributed by atoms with E-state index in [1.807, 2.05) is 67.8 Å². The van der Waals surface area contributed by atoms with Crippen molar-refractivity contribution in [1.29, 1.82) is 0 Å². The Morgan fingerprint density at radius 2 is 2.03 bits per heavy atom. The van der Waals surface area contributed by atoms with Crippen molar-refractivity contribution in [2.75, 3.05) is 19.4 Å². The molecule has 0 radical (unpaired) electrons. The zero-order valence-corrected chi connectivity index (χ0v) is 19.3. The summed E-state index contributed by atoms with van der Waals surface area (Å²) in [6, 6.07) is 7.80. The molecule has 1 aromatic carbocycles. The van der Waals surface area contributed by atoms with E-state index in [-0.39, 0.29) is 5.91 Å². The Labute approximate surface area is 191 Å². The molecule has 5 rings (SSSR count). The Hall–Kier alpha value is -3.98. The monoisotopic (exact) mass is 442 g/mol. The van der Waals surface area contributed by atoms with Gasteiger partial charge >= 0.3 is 0 Å². The molecule has 2 N–H and O–H groups in total. The molecular formula is C24H26N8O. The number of nitrogens with one attached hydrogen (secondary N) is 2. The van der Waals surface area contributed by atoms with Crippen LogP contribution in [0.1, 0.15) is 18.2 Å². The molecule has 168 valence electrons. The first-order valence-electron chi connectivity index (χ1n) is 10.7. The quantitative estimate of drug-likeness (QED) is 0.433. The van der Waals surface area contributed by atoms with Crippen molar-refractivity contribution >= 4 is 33.7 Å². The van der Waals surface area contributed by atoms with Crippen molar-refractivity contribution < 1.29 is 4.79 Å². The molecule has 33 heavy (non-hydrogen) atoms. The van der Waals surface area contributed by atoms with E-state index in [0.29, 0.717) is 11.5 Å². The third kappa shape index (κ3) is 3.76. The van der Waals surface area contributed by atoms with Crippen LogP contribution in [0, 0.1) is 6.92 Å². The van der Waals surface area contributed by atoms with Crippen LogP contribution in [-0.2, 0) is 18.4 Å². The van der Waals surface area contributed by atoms with Crippen LogP contribution in [0.4, 0.5) is 5.69 Å². The van der Waals surface area contributed by atoms with Crippen LogP contribution in [0.3, 0.4) is 0 Å². The SMILES string of the molecule is CC(=O)Nc1ccc2c(c1)c(-c1nc3nccc(-n4cc(CN(C)C)c(C)n4)c3[nH]1)cn2C. The number of aromatic nitrogens is 6. The maximum Gasteiger partial charge on any atom is 0.221 e. The fourth-order valence-electron chi connectivity index (χ4n) is 4.19. The lowest BCUT2D eigenvalue weighted by Gasteiger charge is -2.07. The molecule has 0 fully saturated rings. The molecule has 9 heteroatoms. The molecule has 0 aliphatic rings. The number of carbonyl (C=O) groups is 1. The lowest BCUT2D eigenvalue weighted by atomic mass is 10.1. The van der Waals surface area contributed by atoms with Crippen LogP contribution in [0.15, 0.2) is 42.9 Å². The molecule has 4 aromatic heterocycles. The third-order valence-electron chi connectivity index (χ3n) is 5.67. The summed E-state index contributed by atoms with van der Waals surface area (Å²) in [5.41, 5.74) is 7.24. The molecule has 0 saturated heterocycles. The number of anilines is 1. The number of amides is 1. The molecule has 0 spiro atoms. The minimum absolute atomic E-state index is 0.104. The highest BCUT2D eigenvalue weighted by Crippen LogP contribution is 2.32. The lowest BCUT2D eigenvalue weighted by Crippen LogP contribution is -2.10. The lowest BCUT2D eigenvalue weighted by molar-refractivity contribution is -0.114. The number of rotatable bonds is 5. The van der Waals surface area contributed by atoms with E-state index >= 15 is 0 Å². The molecular weight excluding hydrogens is 416 g/mol. The number of aryl methyl sites for hydroxylation is 2. The highest BCUT2D eigenvalue weighted by Gasteiger charge is 2.17. The van der Waals surface area contributed by atoms with Gasteiger partial charge in [-0.15, -0.1) is 0 Å². The Morgan fingerprint density at radius 3 is 2.79 bits per heavy atom. The zero-order valence-electron chi connectivity index (χ0n) is 19.3. The second-order valence-electron chi connectivity index (χ2n) is 8.60. The highest BCUT2D eigenvalue weighted by atomic mass is 16.1. The van der Waals surface area contributed by atoms with Crippen molar-refractivity contribution in [3.8, 4) is 17.1 Å². The number of fused-ring (bicyclic) bond motifs is 2. The van der Waals surface area contributed by atoms with Crippen LogP contribution in [0.5, 0.6) is 0 Å². The molecule has 9 nitrogen and oxygen atoms in total. The number of hydrogen-bond donors (Lipinski definition) is 2. The fraction of sp³-hybridized carbons (Fsp3) is 0.250. The number of H-pyrrole nitrogens is 1. The van der Waals surface area contributed by atoms with Crippen molar-refractivity contribution in [2.24, 2.45) is 7.05 Å². The fourth-order valence-corrected chi connectivity index (χ4v) is 4.19. The normalized spacial score (nSPS) is 11.7. The van der Waals surface area contributed by atoms with Gasteiger partial charge in [-0.2, -0.15) is 5.10 Å². The number of benzene rings is 1. The van der Waals surface area contributed by atoms with Crippen LogP contribution < -0.4 is 5.32 Å². The summed E-state index contributed by atoms with van der Waals surface area (Å²) in [7, 11) is 6.09. The first-order valence-corrected chi connectivity index (χ1v) is 10.7. The Morgan fingerprint density at radius 1 is 1.21 bits per heavy atom. The Kier molecular flexibility index (Phi) is 4.98. The molecule has 4 heterocycles. The van der Waals surface area contributed by atoms with E-state index in [1.54, 1.807) is 6.20 Å². The van der Waals surface area contributed by atoms with Crippen molar-refractivity contribution in [2.45, 2.75) is 20.4 Å². The second kappa shape index (κ2) is 7.86. The van der Waals surface area contributed by atoms with Crippen molar-refractivity contribution in [3.05, 3.63) is 54.1 Å². The van der Waals surface area contributed by atoms with Gasteiger partial charge in [-0.25, -0.2) is 14.6 Å². The summed E-state index contributed by atoms with van der Waals surface area (Å²) in [5.74, 6) is 0.612. The van der Waals surface area contributed by atoms with Crippen molar-refractivity contribution in [1.82, 2.24) is 34.2 Å². The van der Waals surface area contributed by atoms with Gasteiger partial charge in [-0.3, -0.25) is 4.79 Å². The first-order chi connectivity index (χ1) is 15.8. The van der Waals surface area contributed by atoms with E-state index in [2.05, 4.69) is 26.4 Å². The average molecular weight is 443 g/mol. The van der Waals surface area contributed by atoms with Gasteiger partial charge in [0.15, 0.2) is 5.65 Å². The maximum absolute atomic E-state index is 11.5. The Balaban J connectivity index is 1.63. The molecule has 0 unspecified atom stereocenters. The zero-order chi connectivity index (χ0) is 23.3. The number of aromatic amines is 1. The highest BCUT2D eigenvalue weighted by molar-refractivity contribution is 6.00. The molecule has 0 aliphatic carbocycles. The molecule has 0 aliphatic heterocycles.